The van der Waals surface area contributed by atoms with Gasteiger partial charge < -0.3 is 19.4 Å². The van der Waals surface area contributed by atoms with Crippen LogP contribution in [0.1, 0.15) is 21.7 Å². The Bertz CT molecular complexity index is 1040. The second-order valence-electron chi connectivity index (χ2n) is 6.78. The Hall–Kier alpha value is -2.64. The molecule has 1 aromatic heterocycles. The van der Waals surface area contributed by atoms with Gasteiger partial charge >= 0.3 is 0 Å². The number of para-hydroxylation sites is 1. The Morgan fingerprint density at radius 3 is 2.66 bits per heavy atom. The number of halogens is 1. The van der Waals surface area contributed by atoms with E-state index in [1.54, 1.807) is 13.2 Å². The molecule has 152 valence electrons. The Morgan fingerprint density at radius 2 is 1.93 bits per heavy atom. The monoisotopic (exact) mass is 458 g/mol. The largest absolute Gasteiger partial charge is 0.450 e. The first-order valence-electron chi connectivity index (χ1n) is 9.23. The van der Waals surface area contributed by atoms with Gasteiger partial charge in [0, 0.05) is 24.7 Å². The van der Waals surface area contributed by atoms with E-state index in [2.05, 4.69) is 21.2 Å². The molecule has 2 aromatic carbocycles. The summed E-state index contributed by atoms with van der Waals surface area (Å²) in [4.78, 5) is 27.1. The number of methoxy groups -OCH3 is 1. The van der Waals surface area contributed by atoms with Crippen molar-refractivity contribution in [3.8, 4) is 0 Å². The van der Waals surface area contributed by atoms with Crippen molar-refractivity contribution in [2.75, 3.05) is 32.1 Å². The van der Waals surface area contributed by atoms with Gasteiger partial charge in [0.1, 0.15) is 12.1 Å². The Balaban J connectivity index is 1.79. The van der Waals surface area contributed by atoms with Crippen LogP contribution in [0.5, 0.6) is 0 Å². The lowest BCUT2D eigenvalue weighted by Gasteiger charge is -2.21. The van der Waals surface area contributed by atoms with Crippen LogP contribution in [0, 0.1) is 13.8 Å². The van der Waals surface area contributed by atoms with Crippen LogP contribution in [0.4, 0.5) is 5.69 Å². The maximum Gasteiger partial charge on any atom is 0.290 e. The number of nitrogens with one attached hydrogen (secondary N) is 1. The third-order valence-corrected chi connectivity index (χ3v) is 5.40. The number of furan rings is 1. The zero-order valence-electron chi connectivity index (χ0n) is 16.6. The van der Waals surface area contributed by atoms with Crippen LogP contribution in [0.15, 0.2) is 51.4 Å². The summed E-state index contributed by atoms with van der Waals surface area (Å²) in [6.45, 7) is 4.41. The van der Waals surface area contributed by atoms with Crippen LogP contribution in [-0.2, 0) is 9.53 Å². The third-order valence-electron chi connectivity index (χ3n) is 4.77. The van der Waals surface area contributed by atoms with E-state index in [1.165, 1.54) is 4.90 Å². The van der Waals surface area contributed by atoms with Crippen LogP contribution in [0.2, 0.25) is 0 Å². The van der Waals surface area contributed by atoms with Gasteiger partial charge in [0.2, 0.25) is 5.91 Å². The zero-order valence-corrected chi connectivity index (χ0v) is 18.2. The number of carbonyl (C=O) groups excluding carboxylic acids is 2. The number of fused-ring (bicyclic) bond motifs is 1. The Kier molecular flexibility index (Phi) is 6.71. The quantitative estimate of drug-likeness (QED) is 0.563. The third kappa shape index (κ3) is 4.86. The molecule has 0 radical (unpaired) electrons. The number of carbonyl (C=O) groups is 2. The first kappa shape index (κ1) is 21.1. The van der Waals surface area contributed by atoms with Crippen molar-refractivity contribution < 1.29 is 18.7 Å². The van der Waals surface area contributed by atoms with Crippen molar-refractivity contribution >= 4 is 44.4 Å². The first-order valence-corrected chi connectivity index (χ1v) is 10.0. The molecule has 0 saturated heterocycles. The fraction of sp³-hybridized carbons (Fsp3) is 0.273. The number of amides is 2. The minimum absolute atomic E-state index is 0.103. The fourth-order valence-electron chi connectivity index (χ4n) is 2.99. The fourth-order valence-corrected chi connectivity index (χ4v) is 3.45. The second-order valence-corrected chi connectivity index (χ2v) is 7.64. The van der Waals surface area contributed by atoms with Gasteiger partial charge in [-0.15, -0.1) is 0 Å². The molecule has 0 saturated carbocycles. The lowest BCUT2D eigenvalue weighted by molar-refractivity contribution is -0.117. The molecule has 0 unspecified atom stereocenters. The molecule has 0 aliphatic heterocycles. The van der Waals surface area contributed by atoms with Crippen molar-refractivity contribution in [3.05, 3.63) is 63.8 Å². The molecule has 0 aliphatic rings. The Morgan fingerprint density at radius 1 is 1.17 bits per heavy atom. The average Bonchev–Trinajstić information content (AvgIpc) is 3.14. The van der Waals surface area contributed by atoms with Gasteiger partial charge in [-0.3, -0.25) is 9.59 Å². The standard InChI is InChI=1S/C22H23BrN2O4/c1-14-6-4-9-18(15(14)2)24-20(26)13-25(10-11-28-3)22(27)19-12-16-7-5-8-17(23)21(16)29-19/h4-9,12H,10-11,13H2,1-3H3,(H,24,26). The van der Waals surface area contributed by atoms with E-state index in [0.717, 1.165) is 26.7 Å². The summed E-state index contributed by atoms with van der Waals surface area (Å²) in [5.74, 6) is -0.454. The molecule has 0 fully saturated rings. The number of rotatable bonds is 7. The van der Waals surface area contributed by atoms with Gasteiger partial charge in [0.15, 0.2) is 5.76 Å². The summed E-state index contributed by atoms with van der Waals surface area (Å²) in [6.07, 6.45) is 0. The molecule has 2 amide bonds. The van der Waals surface area contributed by atoms with Crippen LogP contribution < -0.4 is 5.32 Å². The molecule has 29 heavy (non-hydrogen) atoms. The van der Waals surface area contributed by atoms with Crippen LogP contribution >= 0.6 is 15.9 Å². The van der Waals surface area contributed by atoms with E-state index in [-0.39, 0.29) is 30.7 Å². The average molecular weight is 459 g/mol. The maximum absolute atomic E-state index is 13.0. The number of hydrogen-bond acceptors (Lipinski definition) is 4. The maximum atomic E-state index is 13.0. The molecule has 0 bridgehead atoms. The number of nitrogens with zero attached hydrogens (tertiary/aromatic N) is 1. The van der Waals surface area contributed by atoms with Crippen LogP contribution in [0.3, 0.4) is 0 Å². The lowest BCUT2D eigenvalue weighted by atomic mass is 10.1. The summed E-state index contributed by atoms with van der Waals surface area (Å²) >= 11 is 3.43. The van der Waals surface area contributed by atoms with Gasteiger partial charge in [0.25, 0.3) is 5.91 Å². The summed E-state index contributed by atoms with van der Waals surface area (Å²) in [7, 11) is 1.55. The molecular weight excluding hydrogens is 436 g/mol. The number of hydrogen-bond donors (Lipinski definition) is 1. The van der Waals surface area contributed by atoms with Gasteiger partial charge in [-0.2, -0.15) is 0 Å². The van der Waals surface area contributed by atoms with Gasteiger partial charge in [-0.1, -0.05) is 24.3 Å². The van der Waals surface area contributed by atoms with Crippen molar-refractivity contribution in [2.24, 2.45) is 0 Å². The summed E-state index contributed by atoms with van der Waals surface area (Å²) in [6, 6.07) is 13.0. The summed E-state index contributed by atoms with van der Waals surface area (Å²) in [5, 5.41) is 3.70. The van der Waals surface area contributed by atoms with Gasteiger partial charge in [-0.05, 0) is 59.1 Å². The van der Waals surface area contributed by atoms with Crippen molar-refractivity contribution in [1.82, 2.24) is 4.90 Å². The second kappa shape index (κ2) is 9.24. The molecule has 7 heteroatoms. The number of ether oxygens (including phenoxy) is 1. The molecule has 3 aromatic rings. The first-order chi connectivity index (χ1) is 13.9. The van der Waals surface area contributed by atoms with Crippen LogP contribution in [0.25, 0.3) is 11.0 Å². The molecule has 0 aliphatic carbocycles. The highest BCUT2D eigenvalue weighted by atomic mass is 79.9. The highest BCUT2D eigenvalue weighted by molar-refractivity contribution is 9.10. The Labute approximate surface area is 177 Å². The van der Waals surface area contributed by atoms with Crippen molar-refractivity contribution in [2.45, 2.75) is 13.8 Å². The predicted molar refractivity (Wildman–Crippen MR) is 116 cm³/mol. The number of anilines is 1. The number of benzene rings is 2. The molecule has 0 atom stereocenters. The molecule has 0 spiro atoms. The van der Waals surface area contributed by atoms with E-state index in [9.17, 15) is 9.59 Å². The minimum Gasteiger partial charge on any atom is -0.450 e. The minimum atomic E-state index is -0.360. The van der Waals surface area contributed by atoms with Crippen molar-refractivity contribution in [1.29, 1.82) is 0 Å². The highest BCUT2D eigenvalue weighted by Gasteiger charge is 2.23. The zero-order chi connectivity index (χ0) is 21.0. The molecular formula is C22H23BrN2O4. The van der Waals surface area contributed by atoms with Gasteiger partial charge in [0.05, 0.1) is 11.1 Å². The molecule has 3 rings (SSSR count). The highest BCUT2D eigenvalue weighted by Crippen LogP contribution is 2.27. The smallest absolute Gasteiger partial charge is 0.290 e. The van der Waals surface area contributed by atoms with Gasteiger partial charge in [-0.25, -0.2) is 0 Å². The van der Waals surface area contributed by atoms with Crippen molar-refractivity contribution in [3.63, 3.8) is 0 Å². The molecule has 1 heterocycles. The van der Waals surface area contributed by atoms with E-state index in [0.29, 0.717) is 12.2 Å². The van der Waals surface area contributed by atoms with Crippen LogP contribution in [-0.4, -0.2) is 43.5 Å². The summed E-state index contributed by atoms with van der Waals surface area (Å²) in [5.41, 5.74) is 3.42. The SMILES string of the molecule is COCCN(CC(=O)Nc1cccc(C)c1C)C(=O)c1cc2cccc(Br)c2o1. The molecule has 1 N–H and O–H groups in total. The summed E-state index contributed by atoms with van der Waals surface area (Å²) < 4.78 is 11.6. The number of aryl methyl sites for hydroxylation is 1. The van der Waals surface area contributed by atoms with E-state index < -0.39 is 0 Å². The van der Waals surface area contributed by atoms with E-state index in [4.69, 9.17) is 9.15 Å². The lowest BCUT2D eigenvalue weighted by Crippen LogP contribution is -2.40. The van der Waals surface area contributed by atoms with E-state index >= 15 is 0 Å². The molecule has 6 nitrogen and oxygen atoms in total. The van der Waals surface area contributed by atoms with E-state index in [1.807, 2.05) is 50.2 Å². The normalized spacial score (nSPS) is 10.9. The predicted octanol–water partition coefficient (Wildman–Crippen LogP) is 4.54. The topological polar surface area (TPSA) is 71.8 Å².